The molecular weight excluding hydrogens is 362 g/mol. The third-order valence-electron chi connectivity index (χ3n) is 5.05. The number of anilines is 2. The second-order valence-corrected chi connectivity index (χ2v) is 7.29. The number of piperazine rings is 1. The molecule has 1 aliphatic rings. The molecule has 1 saturated heterocycles. The Kier molecular flexibility index (Phi) is 5.71. The number of hydrogen-bond donors (Lipinski definition) is 1. The molecular formula is C21H24ClN3O2. The van der Waals surface area contributed by atoms with Crippen molar-refractivity contribution in [1.29, 1.82) is 0 Å². The zero-order chi connectivity index (χ0) is 19.6. The number of aryl methyl sites for hydroxylation is 2. The average Bonchev–Trinajstić information content (AvgIpc) is 2.64. The summed E-state index contributed by atoms with van der Waals surface area (Å²) >= 11 is 6.46. The van der Waals surface area contributed by atoms with E-state index in [1.807, 2.05) is 55.1 Å². The van der Waals surface area contributed by atoms with Crippen LogP contribution in [0.15, 0.2) is 36.4 Å². The highest BCUT2D eigenvalue weighted by molar-refractivity contribution is 6.34. The second-order valence-electron chi connectivity index (χ2n) is 6.88. The Bertz CT molecular complexity index is 874. The lowest BCUT2D eigenvalue weighted by atomic mass is 10.1. The summed E-state index contributed by atoms with van der Waals surface area (Å²) in [6.45, 7) is 8.24. The van der Waals surface area contributed by atoms with E-state index < -0.39 is 0 Å². The van der Waals surface area contributed by atoms with Gasteiger partial charge in [0.15, 0.2) is 0 Å². The predicted octanol–water partition coefficient (Wildman–Crippen LogP) is 3.88. The molecule has 0 unspecified atom stereocenters. The molecule has 1 fully saturated rings. The van der Waals surface area contributed by atoms with Crippen LogP contribution in [0.2, 0.25) is 5.02 Å². The first kappa shape index (κ1) is 19.2. The van der Waals surface area contributed by atoms with Gasteiger partial charge in [-0.1, -0.05) is 23.7 Å². The number of amides is 2. The van der Waals surface area contributed by atoms with Gasteiger partial charge in [0.25, 0.3) is 5.91 Å². The minimum Gasteiger partial charge on any atom is -0.365 e. The van der Waals surface area contributed by atoms with Gasteiger partial charge in [0, 0.05) is 38.7 Å². The molecule has 3 rings (SSSR count). The summed E-state index contributed by atoms with van der Waals surface area (Å²) in [5.41, 5.74) is 4.33. The van der Waals surface area contributed by atoms with Crippen LogP contribution < -0.4 is 10.2 Å². The highest BCUT2D eigenvalue weighted by atomic mass is 35.5. The molecule has 0 radical (unpaired) electrons. The van der Waals surface area contributed by atoms with Gasteiger partial charge in [-0.2, -0.15) is 0 Å². The molecule has 0 spiro atoms. The number of carbonyl (C=O) groups excluding carboxylic acids is 2. The van der Waals surface area contributed by atoms with Crippen LogP contribution in [0, 0.1) is 13.8 Å². The standard InChI is InChI=1S/C21H24ClN3O2/c1-14-7-8-17(13-15(14)2)21(27)23-19-6-4-5-18(22)20(19)25-11-9-24(10-12-25)16(3)26/h4-8,13H,9-12H2,1-3H3,(H,23,27). The molecule has 6 heteroatoms. The number of carbonyl (C=O) groups is 2. The third-order valence-corrected chi connectivity index (χ3v) is 5.35. The molecule has 0 bridgehead atoms. The van der Waals surface area contributed by atoms with E-state index in [2.05, 4.69) is 10.2 Å². The topological polar surface area (TPSA) is 52.7 Å². The Morgan fingerprint density at radius 3 is 2.33 bits per heavy atom. The van der Waals surface area contributed by atoms with Crippen LogP contribution in [0.1, 0.15) is 28.4 Å². The molecule has 2 amide bonds. The van der Waals surface area contributed by atoms with Gasteiger partial charge in [0.1, 0.15) is 0 Å². The molecule has 142 valence electrons. The zero-order valence-electron chi connectivity index (χ0n) is 15.9. The quantitative estimate of drug-likeness (QED) is 0.872. The predicted molar refractivity (Wildman–Crippen MR) is 110 cm³/mol. The molecule has 0 aromatic heterocycles. The van der Waals surface area contributed by atoms with Crippen LogP contribution in [0.3, 0.4) is 0 Å². The van der Waals surface area contributed by atoms with E-state index in [-0.39, 0.29) is 11.8 Å². The molecule has 0 saturated carbocycles. The highest BCUT2D eigenvalue weighted by Crippen LogP contribution is 2.35. The Morgan fingerprint density at radius 2 is 1.70 bits per heavy atom. The smallest absolute Gasteiger partial charge is 0.255 e. The van der Waals surface area contributed by atoms with Gasteiger partial charge in [-0.3, -0.25) is 9.59 Å². The highest BCUT2D eigenvalue weighted by Gasteiger charge is 2.23. The van der Waals surface area contributed by atoms with Crippen molar-refractivity contribution < 1.29 is 9.59 Å². The monoisotopic (exact) mass is 385 g/mol. The maximum atomic E-state index is 12.7. The Balaban J connectivity index is 1.82. The van der Waals surface area contributed by atoms with Crippen molar-refractivity contribution in [3.8, 4) is 0 Å². The van der Waals surface area contributed by atoms with E-state index in [1.165, 1.54) is 0 Å². The third kappa shape index (κ3) is 4.25. The number of nitrogens with one attached hydrogen (secondary N) is 1. The van der Waals surface area contributed by atoms with Gasteiger partial charge >= 0.3 is 0 Å². The Morgan fingerprint density at radius 1 is 1.00 bits per heavy atom. The van der Waals surface area contributed by atoms with Crippen molar-refractivity contribution in [3.05, 3.63) is 58.1 Å². The number of halogens is 1. The van der Waals surface area contributed by atoms with Crippen LogP contribution in [0.4, 0.5) is 11.4 Å². The lowest BCUT2D eigenvalue weighted by Crippen LogP contribution is -2.48. The van der Waals surface area contributed by atoms with Crippen molar-refractivity contribution in [1.82, 2.24) is 4.90 Å². The fourth-order valence-electron chi connectivity index (χ4n) is 3.26. The minimum absolute atomic E-state index is 0.0806. The fourth-order valence-corrected chi connectivity index (χ4v) is 3.55. The van der Waals surface area contributed by atoms with Gasteiger partial charge in [0.2, 0.25) is 5.91 Å². The van der Waals surface area contributed by atoms with Gasteiger partial charge in [-0.25, -0.2) is 0 Å². The van der Waals surface area contributed by atoms with E-state index in [4.69, 9.17) is 11.6 Å². The summed E-state index contributed by atoms with van der Waals surface area (Å²) in [7, 11) is 0. The van der Waals surface area contributed by atoms with E-state index in [9.17, 15) is 9.59 Å². The van der Waals surface area contributed by atoms with Crippen molar-refractivity contribution in [3.63, 3.8) is 0 Å². The largest absolute Gasteiger partial charge is 0.365 e. The maximum Gasteiger partial charge on any atom is 0.255 e. The first-order valence-electron chi connectivity index (χ1n) is 9.04. The fraction of sp³-hybridized carbons (Fsp3) is 0.333. The van der Waals surface area contributed by atoms with Gasteiger partial charge < -0.3 is 15.1 Å². The lowest BCUT2D eigenvalue weighted by molar-refractivity contribution is -0.129. The number of benzene rings is 2. The summed E-state index contributed by atoms with van der Waals surface area (Å²) in [5.74, 6) is -0.0823. The molecule has 0 aliphatic carbocycles. The van der Waals surface area contributed by atoms with Gasteiger partial charge in [-0.15, -0.1) is 0 Å². The molecule has 1 N–H and O–H groups in total. The normalized spacial score (nSPS) is 14.2. The number of hydrogen-bond acceptors (Lipinski definition) is 3. The molecule has 27 heavy (non-hydrogen) atoms. The SMILES string of the molecule is CC(=O)N1CCN(c2c(Cl)cccc2NC(=O)c2ccc(C)c(C)c2)CC1. The van der Waals surface area contributed by atoms with Crippen LogP contribution in [0.5, 0.6) is 0 Å². The first-order chi connectivity index (χ1) is 12.9. The molecule has 5 nitrogen and oxygen atoms in total. The minimum atomic E-state index is -0.163. The molecule has 0 atom stereocenters. The van der Waals surface area contributed by atoms with Crippen molar-refractivity contribution >= 4 is 34.8 Å². The van der Waals surface area contributed by atoms with Crippen LogP contribution in [0.25, 0.3) is 0 Å². The molecule has 1 heterocycles. The zero-order valence-corrected chi connectivity index (χ0v) is 16.6. The average molecular weight is 386 g/mol. The Labute approximate surface area is 164 Å². The maximum absolute atomic E-state index is 12.7. The second kappa shape index (κ2) is 8.01. The summed E-state index contributed by atoms with van der Waals surface area (Å²) in [5, 5.41) is 3.59. The van der Waals surface area contributed by atoms with Crippen LogP contribution in [-0.2, 0) is 4.79 Å². The van der Waals surface area contributed by atoms with E-state index in [1.54, 1.807) is 6.92 Å². The van der Waals surface area contributed by atoms with E-state index in [0.717, 1.165) is 16.8 Å². The van der Waals surface area contributed by atoms with Crippen molar-refractivity contribution in [2.75, 3.05) is 36.4 Å². The summed E-state index contributed by atoms with van der Waals surface area (Å²) < 4.78 is 0. The number of rotatable bonds is 3. The molecule has 1 aliphatic heterocycles. The first-order valence-corrected chi connectivity index (χ1v) is 9.42. The van der Waals surface area contributed by atoms with E-state index in [0.29, 0.717) is 42.5 Å². The number of nitrogens with zero attached hydrogens (tertiary/aromatic N) is 2. The molecule has 2 aromatic rings. The van der Waals surface area contributed by atoms with Crippen LogP contribution in [-0.4, -0.2) is 42.9 Å². The van der Waals surface area contributed by atoms with Gasteiger partial charge in [0.05, 0.1) is 16.4 Å². The van der Waals surface area contributed by atoms with Crippen molar-refractivity contribution in [2.45, 2.75) is 20.8 Å². The Hall–Kier alpha value is -2.53. The van der Waals surface area contributed by atoms with Crippen LogP contribution >= 0.6 is 11.6 Å². The number of para-hydroxylation sites is 1. The summed E-state index contributed by atoms with van der Waals surface area (Å²) in [6.07, 6.45) is 0. The summed E-state index contributed by atoms with van der Waals surface area (Å²) in [6, 6.07) is 11.2. The van der Waals surface area contributed by atoms with Gasteiger partial charge in [-0.05, 0) is 49.2 Å². The molecule has 2 aromatic carbocycles. The summed E-state index contributed by atoms with van der Waals surface area (Å²) in [4.78, 5) is 28.2. The van der Waals surface area contributed by atoms with Crippen molar-refractivity contribution in [2.24, 2.45) is 0 Å². The lowest BCUT2D eigenvalue weighted by Gasteiger charge is -2.37. The van der Waals surface area contributed by atoms with E-state index >= 15 is 0 Å².